The van der Waals surface area contributed by atoms with Crippen molar-refractivity contribution in [1.82, 2.24) is 4.98 Å². The van der Waals surface area contributed by atoms with E-state index in [2.05, 4.69) is 62.7 Å². The molecule has 4 nitrogen and oxygen atoms in total. The van der Waals surface area contributed by atoms with E-state index in [9.17, 15) is 4.79 Å². The zero-order valence-corrected chi connectivity index (χ0v) is 15.4. The van der Waals surface area contributed by atoms with Gasteiger partial charge in [0.25, 0.3) is 5.91 Å². The molecule has 0 spiro atoms. The number of hydrogen-bond acceptors (Lipinski definition) is 3. The smallest absolute Gasteiger partial charge is 0.257 e. The molecule has 0 unspecified atom stereocenters. The van der Waals surface area contributed by atoms with Crippen LogP contribution in [-0.2, 0) is 6.54 Å². The molecule has 1 amide bonds. The predicted octanol–water partition coefficient (Wildman–Crippen LogP) is 5.02. The summed E-state index contributed by atoms with van der Waals surface area (Å²) in [4.78, 5) is 16.6. The van der Waals surface area contributed by atoms with Gasteiger partial charge in [0, 0.05) is 29.1 Å². The second-order valence-corrected chi connectivity index (χ2v) is 6.68. The number of aryl methyl sites for hydroxylation is 1. The van der Waals surface area contributed by atoms with Gasteiger partial charge in [0.05, 0.1) is 11.3 Å². The van der Waals surface area contributed by atoms with Crippen molar-refractivity contribution in [2.45, 2.75) is 13.5 Å². The predicted molar refractivity (Wildman–Crippen MR) is 105 cm³/mol. The first-order valence-electron chi connectivity index (χ1n) is 7.91. The summed E-state index contributed by atoms with van der Waals surface area (Å²) in [5, 5.41) is 6.17. The Morgan fingerprint density at radius 1 is 1.04 bits per heavy atom. The molecule has 3 rings (SSSR count). The lowest BCUT2D eigenvalue weighted by molar-refractivity contribution is 0.102. The fraction of sp³-hybridized carbons (Fsp3) is 0.100. The van der Waals surface area contributed by atoms with E-state index in [0.29, 0.717) is 12.1 Å². The lowest BCUT2D eigenvalue weighted by Crippen LogP contribution is -2.12. The second-order valence-electron chi connectivity index (χ2n) is 5.77. The first kappa shape index (κ1) is 17.2. The number of amides is 1. The fourth-order valence-corrected chi connectivity index (χ4v) is 2.74. The molecule has 126 valence electrons. The summed E-state index contributed by atoms with van der Waals surface area (Å²) in [7, 11) is 0. The van der Waals surface area contributed by atoms with Gasteiger partial charge in [0.15, 0.2) is 0 Å². The Kier molecular flexibility index (Phi) is 5.46. The molecule has 25 heavy (non-hydrogen) atoms. The van der Waals surface area contributed by atoms with Gasteiger partial charge in [-0.05, 0) is 36.8 Å². The van der Waals surface area contributed by atoms with Gasteiger partial charge >= 0.3 is 0 Å². The molecule has 0 aliphatic rings. The van der Waals surface area contributed by atoms with Crippen LogP contribution in [-0.4, -0.2) is 10.9 Å². The number of hydrogen-bond donors (Lipinski definition) is 2. The largest absolute Gasteiger partial charge is 0.380 e. The highest BCUT2D eigenvalue weighted by Crippen LogP contribution is 2.17. The first-order valence-corrected chi connectivity index (χ1v) is 8.71. The average molecular weight is 396 g/mol. The van der Waals surface area contributed by atoms with Crippen molar-refractivity contribution in [2.24, 2.45) is 0 Å². The molecule has 1 aromatic heterocycles. The van der Waals surface area contributed by atoms with Gasteiger partial charge in [-0.15, -0.1) is 0 Å². The topological polar surface area (TPSA) is 54.0 Å². The second kappa shape index (κ2) is 7.94. The summed E-state index contributed by atoms with van der Waals surface area (Å²) in [6.45, 7) is 2.74. The number of nitrogens with zero attached hydrogens (tertiary/aromatic N) is 1. The first-order chi connectivity index (χ1) is 12.1. The number of carbonyl (C=O) groups is 1. The van der Waals surface area contributed by atoms with Crippen molar-refractivity contribution in [3.05, 3.63) is 88.2 Å². The molecule has 0 atom stereocenters. The molecule has 2 N–H and O–H groups in total. The highest BCUT2D eigenvalue weighted by atomic mass is 79.9. The Morgan fingerprint density at radius 3 is 2.60 bits per heavy atom. The number of nitrogens with one attached hydrogen (secondary N) is 2. The number of aromatic nitrogens is 1. The summed E-state index contributed by atoms with van der Waals surface area (Å²) < 4.78 is 0.914. The molecule has 5 heteroatoms. The third-order valence-corrected chi connectivity index (χ3v) is 4.19. The SMILES string of the molecule is Cc1ccc(CNc2cncc(C(=O)Nc3cccc(Br)c3)c2)cc1. The summed E-state index contributed by atoms with van der Waals surface area (Å²) in [5.74, 6) is -0.190. The Bertz CT molecular complexity index is 878. The van der Waals surface area contributed by atoms with Crippen LogP contribution in [0, 0.1) is 6.92 Å². The van der Waals surface area contributed by atoms with Crippen LogP contribution in [0.3, 0.4) is 0 Å². The molecule has 0 aliphatic carbocycles. The summed E-state index contributed by atoms with van der Waals surface area (Å²) in [6.07, 6.45) is 3.27. The summed E-state index contributed by atoms with van der Waals surface area (Å²) >= 11 is 3.39. The Morgan fingerprint density at radius 2 is 1.84 bits per heavy atom. The molecule has 0 saturated carbocycles. The fourth-order valence-electron chi connectivity index (χ4n) is 2.34. The zero-order valence-electron chi connectivity index (χ0n) is 13.8. The van der Waals surface area contributed by atoms with Crippen LogP contribution in [0.2, 0.25) is 0 Å². The van der Waals surface area contributed by atoms with Crippen molar-refractivity contribution in [1.29, 1.82) is 0 Å². The molecule has 2 aromatic carbocycles. The third kappa shape index (κ3) is 4.90. The van der Waals surface area contributed by atoms with E-state index >= 15 is 0 Å². The highest BCUT2D eigenvalue weighted by Gasteiger charge is 2.08. The molecule has 0 saturated heterocycles. The van der Waals surface area contributed by atoms with Crippen LogP contribution in [0.15, 0.2) is 71.5 Å². The zero-order chi connectivity index (χ0) is 17.6. The van der Waals surface area contributed by atoms with Gasteiger partial charge in [0.1, 0.15) is 0 Å². The van der Waals surface area contributed by atoms with Crippen molar-refractivity contribution in [3.8, 4) is 0 Å². The van der Waals surface area contributed by atoms with Crippen molar-refractivity contribution in [2.75, 3.05) is 10.6 Å². The number of benzene rings is 2. The van der Waals surface area contributed by atoms with Crippen molar-refractivity contribution < 1.29 is 4.79 Å². The number of rotatable bonds is 5. The van der Waals surface area contributed by atoms with Crippen molar-refractivity contribution in [3.63, 3.8) is 0 Å². The van der Waals surface area contributed by atoms with E-state index in [0.717, 1.165) is 15.8 Å². The maximum atomic E-state index is 12.4. The quantitative estimate of drug-likeness (QED) is 0.637. The van der Waals surface area contributed by atoms with E-state index in [4.69, 9.17) is 0 Å². The standard InChI is InChI=1S/C20H18BrN3O/c1-14-5-7-15(8-6-14)11-23-19-9-16(12-22-13-19)20(25)24-18-4-2-3-17(21)10-18/h2-10,12-13,23H,11H2,1H3,(H,24,25). The van der Waals surface area contributed by atoms with E-state index < -0.39 is 0 Å². The monoisotopic (exact) mass is 395 g/mol. The Balaban J connectivity index is 1.66. The summed E-state index contributed by atoms with van der Waals surface area (Å²) in [6, 6.07) is 17.6. The molecule has 0 radical (unpaired) electrons. The molecule has 1 heterocycles. The van der Waals surface area contributed by atoms with Crippen LogP contribution in [0.5, 0.6) is 0 Å². The van der Waals surface area contributed by atoms with Gasteiger partial charge in [0.2, 0.25) is 0 Å². The molecule has 0 bridgehead atoms. The molecule has 0 aliphatic heterocycles. The third-order valence-electron chi connectivity index (χ3n) is 3.70. The maximum absolute atomic E-state index is 12.4. The molecule has 3 aromatic rings. The normalized spacial score (nSPS) is 10.3. The van der Waals surface area contributed by atoms with Gasteiger partial charge in [-0.2, -0.15) is 0 Å². The highest BCUT2D eigenvalue weighted by molar-refractivity contribution is 9.10. The van der Waals surface area contributed by atoms with Crippen molar-refractivity contribution >= 4 is 33.2 Å². The number of halogens is 1. The number of anilines is 2. The van der Waals surface area contributed by atoms with E-state index in [1.807, 2.05) is 24.3 Å². The van der Waals surface area contributed by atoms with Gasteiger partial charge in [-0.3, -0.25) is 9.78 Å². The van der Waals surface area contributed by atoms with E-state index in [1.165, 1.54) is 11.1 Å². The van der Waals surface area contributed by atoms with Crippen LogP contribution >= 0.6 is 15.9 Å². The summed E-state index contributed by atoms with van der Waals surface area (Å²) in [5.41, 5.74) is 4.46. The maximum Gasteiger partial charge on any atom is 0.257 e. The van der Waals surface area contributed by atoms with Crippen LogP contribution in [0.25, 0.3) is 0 Å². The minimum atomic E-state index is -0.190. The minimum absolute atomic E-state index is 0.190. The van der Waals surface area contributed by atoms with E-state index in [-0.39, 0.29) is 5.91 Å². The van der Waals surface area contributed by atoms with Crippen LogP contribution in [0.4, 0.5) is 11.4 Å². The lowest BCUT2D eigenvalue weighted by atomic mass is 10.1. The van der Waals surface area contributed by atoms with Crippen LogP contribution < -0.4 is 10.6 Å². The Labute approximate surface area is 155 Å². The van der Waals surface area contributed by atoms with Crippen LogP contribution in [0.1, 0.15) is 21.5 Å². The number of carbonyl (C=O) groups excluding carboxylic acids is 1. The minimum Gasteiger partial charge on any atom is -0.380 e. The van der Waals surface area contributed by atoms with E-state index in [1.54, 1.807) is 18.5 Å². The molecular formula is C20H18BrN3O. The van der Waals surface area contributed by atoms with Gasteiger partial charge in [-0.1, -0.05) is 51.8 Å². The Hall–Kier alpha value is -2.66. The average Bonchev–Trinajstić information content (AvgIpc) is 2.61. The van der Waals surface area contributed by atoms with Gasteiger partial charge < -0.3 is 10.6 Å². The number of pyridine rings is 1. The lowest BCUT2D eigenvalue weighted by Gasteiger charge is -2.09. The van der Waals surface area contributed by atoms with Gasteiger partial charge in [-0.25, -0.2) is 0 Å². The molecular weight excluding hydrogens is 378 g/mol. The molecule has 0 fully saturated rings.